The summed E-state index contributed by atoms with van der Waals surface area (Å²) >= 11 is 0. The van der Waals surface area contributed by atoms with Crippen LogP contribution in [-0.2, 0) is 4.79 Å². The molecular weight excluding hydrogens is 303 g/mol. The number of aromatic nitrogens is 2. The second-order valence-corrected chi connectivity index (χ2v) is 4.40. The summed E-state index contributed by atoms with van der Waals surface area (Å²) in [5, 5.41) is 22.3. The molecule has 0 spiro atoms. The Kier molecular flexibility index (Phi) is 6.52. The Balaban J connectivity index is 0.000000295. The summed E-state index contributed by atoms with van der Waals surface area (Å²) in [6.07, 6.45) is 0.293. The van der Waals surface area contributed by atoms with Gasteiger partial charge in [-0.2, -0.15) is 18.4 Å². The lowest BCUT2D eigenvalue weighted by molar-refractivity contribution is -0.192. The van der Waals surface area contributed by atoms with E-state index in [4.69, 9.17) is 15.2 Å². The third kappa shape index (κ3) is 6.36. The van der Waals surface area contributed by atoms with Gasteiger partial charge in [-0.25, -0.2) is 14.8 Å². The van der Waals surface area contributed by atoms with Crippen molar-refractivity contribution in [3.63, 3.8) is 0 Å². The van der Waals surface area contributed by atoms with Crippen LogP contribution < -0.4 is 10.6 Å². The summed E-state index contributed by atoms with van der Waals surface area (Å²) in [6, 6.07) is 2.39. The van der Waals surface area contributed by atoms with Crippen molar-refractivity contribution < 1.29 is 23.1 Å². The Morgan fingerprint density at radius 2 is 2.05 bits per heavy atom. The first-order valence-corrected chi connectivity index (χ1v) is 6.32. The lowest BCUT2D eigenvalue weighted by Gasteiger charge is -2.23. The number of rotatable bonds is 2. The minimum Gasteiger partial charge on any atom is -0.475 e. The van der Waals surface area contributed by atoms with E-state index in [1.54, 1.807) is 0 Å². The first kappa shape index (κ1) is 17.6. The topological polar surface area (TPSA) is 111 Å². The second kappa shape index (κ2) is 8.14. The zero-order valence-corrected chi connectivity index (χ0v) is 11.4. The molecule has 1 fully saturated rings. The highest BCUT2D eigenvalue weighted by Gasteiger charge is 2.38. The quantitative estimate of drug-likeness (QED) is 0.750. The van der Waals surface area contributed by atoms with E-state index in [1.165, 1.54) is 18.8 Å². The molecule has 0 radical (unpaired) electrons. The Morgan fingerprint density at radius 1 is 1.45 bits per heavy atom. The van der Waals surface area contributed by atoms with Crippen molar-refractivity contribution in [3.05, 3.63) is 18.0 Å². The number of nitrogens with zero attached hydrogens (tertiary/aromatic N) is 3. The van der Waals surface area contributed by atoms with Crippen molar-refractivity contribution in [1.82, 2.24) is 15.3 Å². The highest BCUT2D eigenvalue weighted by molar-refractivity contribution is 5.73. The number of aliphatic carboxylic acids is 1. The normalized spacial score (nSPS) is 17.6. The summed E-state index contributed by atoms with van der Waals surface area (Å²) < 4.78 is 31.7. The third-order valence-electron chi connectivity index (χ3n) is 2.65. The number of nitrogens with one attached hydrogen (secondary N) is 2. The highest BCUT2D eigenvalue weighted by Crippen LogP contribution is 2.13. The first-order valence-electron chi connectivity index (χ1n) is 6.32. The van der Waals surface area contributed by atoms with E-state index in [0.29, 0.717) is 17.6 Å². The summed E-state index contributed by atoms with van der Waals surface area (Å²) in [5.41, 5.74) is 0.488. The van der Waals surface area contributed by atoms with Gasteiger partial charge in [0.2, 0.25) is 5.95 Å². The van der Waals surface area contributed by atoms with Crippen molar-refractivity contribution >= 4 is 11.9 Å². The summed E-state index contributed by atoms with van der Waals surface area (Å²) in [5.74, 6) is -2.16. The van der Waals surface area contributed by atoms with E-state index < -0.39 is 12.1 Å². The number of anilines is 1. The maximum absolute atomic E-state index is 10.6. The molecule has 0 aliphatic carbocycles. The van der Waals surface area contributed by atoms with Crippen LogP contribution in [0.3, 0.4) is 0 Å². The van der Waals surface area contributed by atoms with Crippen LogP contribution in [0.5, 0.6) is 0 Å². The van der Waals surface area contributed by atoms with Crippen molar-refractivity contribution in [2.75, 3.05) is 18.4 Å². The van der Waals surface area contributed by atoms with Crippen LogP contribution in [0.2, 0.25) is 0 Å². The van der Waals surface area contributed by atoms with Gasteiger partial charge < -0.3 is 15.7 Å². The average Bonchev–Trinajstić information content (AvgIpc) is 2.49. The summed E-state index contributed by atoms with van der Waals surface area (Å²) in [6.45, 7) is 2.04. The molecule has 10 heteroatoms. The van der Waals surface area contributed by atoms with E-state index in [2.05, 4.69) is 20.6 Å². The largest absolute Gasteiger partial charge is 0.490 e. The molecule has 22 heavy (non-hydrogen) atoms. The van der Waals surface area contributed by atoms with Crippen molar-refractivity contribution in [1.29, 1.82) is 5.26 Å². The minimum absolute atomic E-state index is 0.395. The maximum atomic E-state index is 10.6. The van der Waals surface area contributed by atoms with Gasteiger partial charge in [0.05, 0.1) is 18.0 Å². The number of carboxylic acids is 1. The van der Waals surface area contributed by atoms with Gasteiger partial charge in [-0.15, -0.1) is 0 Å². The number of piperidine rings is 1. The maximum Gasteiger partial charge on any atom is 0.490 e. The monoisotopic (exact) mass is 317 g/mol. The number of carbonyl (C=O) groups is 1. The van der Waals surface area contributed by atoms with Gasteiger partial charge in [0, 0.05) is 12.6 Å². The smallest absolute Gasteiger partial charge is 0.475 e. The molecular formula is C12H14F3N5O2. The molecule has 120 valence electrons. The molecule has 1 aromatic heterocycles. The van der Waals surface area contributed by atoms with Crippen LogP contribution in [0.25, 0.3) is 0 Å². The Labute approximate surface area is 124 Å². The first-order chi connectivity index (χ1) is 10.3. The third-order valence-corrected chi connectivity index (χ3v) is 2.65. The van der Waals surface area contributed by atoms with Gasteiger partial charge >= 0.3 is 12.1 Å². The molecule has 2 heterocycles. The average molecular weight is 317 g/mol. The van der Waals surface area contributed by atoms with Crippen LogP contribution in [0.1, 0.15) is 18.4 Å². The number of halogens is 3. The fraction of sp³-hybridized carbons (Fsp3) is 0.500. The predicted octanol–water partition coefficient (Wildman–Crippen LogP) is 1.15. The molecule has 0 amide bonds. The van der Waals surface area contributed by atoms with Crippen molar-refractivity contribution in [2.24, 2.45) is 0 Å². The van der Waals surface area contributed by atoms with E-state index in [-0.39, 0.29) is 0 Å². The van der Waals surface area contributed by atoms with E-state index in [1.807, 2.05) is 6.07 Å². The lowest BCUT2D eigenvalue weighted by atomic mass is 10.1. The van der Waals surface area contributed by atoms with Gasteiger partial charge in [-0.3, -0.25) is 0 Å². The van der Waals surface area contributed by atoms with Crippen molar-refractivity contribution in [2.45, 2.75) is 25.1 Å². The molecule has 2 rings (SSSR count). The Bertz CT molecular complexity index is 521. The number of hydrogen-bond donors (Lipinski definition) is 3. The molecule has 0 bridgehead atoms. The zero-order chi connectivity index (χ0) is 16.6. The summed E-state index contributed by atoms with van der Waals surface area (Å²) in [4.78, 5) is 17.0. The van der Waals surface area contributed by atoms with Gasteiger partial charge in [-0.05, 0) is 19.4 Å². The molecule has 3 N–H and O–H groups in total. The molecule has 1 aromatic rings. The van der Waals surface area contributed by atoms with Gasteiger partial charge in [0.25, 0.3) is 0 Å². The van der Waals surface area contributed by atoms with Gasteiger partial charge in [0.15, 0.2) is 0 Å². The van der Waals surface area contributed by atoms with Crippen LogP contribution >= 0.6 is 0 Å². The van der Waals surface area contributed by atoms with Gasteiger partial charge in [0.1, 0.15) is 6.07 Å². The van der Waals surface area contributed by atoms with Crippen LogP contribution in [-0.4, -0.2) is 46.4 Å². The van der Waals surface area contributed by atoms with E-state index in [9.17, 15) is 13.2 Å². The number of nitriles is 1. The standard InChI is InChI=1S/C10H13N5.C2HF3O2/c11-4-8-5-13-10(14-6-8)15-9-2-1-3-12-7-9;3-2(4,5)1(6)7/h5-6,9,12H,1-3,7H2,(H,13,14,15);(H,6,7)/t9-;/m1./s1. The lowest BCUT2D eigenvalue weighted by Crippen LogP contribution is -2.38. The zero-order valence-electron chi connectivity index (χ0n) is 11.4. The van der Waals surface area contributed by atoms with Crippen molar-refractivity contribution in [3.8, 4) is 6.07 Å². The predicted molar refractivity (Wildman–Crippen MR) is 70.0 cm³/mol. The fourth-order valence-corrected chi connectivity index (χ4v) is 1.62. The SMILES string of the molecule is N#Cc1cnc(N[C@@H]2CCCNC2)nc1.O=C(O)C(F)(F)F. The molecule has 0 unspecified atom stereocenters. The highest BCUT2D eigenvalue weighted by atomic mass is 19.4. The molecule has 1 saturated heterocycles. The minimum atomic E-state index is -5.08. The molecule has 0 aromatic carbocycles. The fourth-order valence-electron chi connectivity index (χ4n) is 1.62. The Hall–Kier alpha value is -2.41. The molecule has 7 nitrogen and oxygen atoms in total. The molecule has 0 saturated carbocycles. The second-order valence-electron chi connectivity index (χ2n) is 4.40. The molecule has 1 aliphatic rings. The van der Waals surface area contributed by atoms with E-state index >= 15 is 0 Å². The van der Waals surface area contributed by atoms with Crippen LogP contribution in [0.4, 0.5) is 19.1 Å². The summed E-state index contributed by atoms with van der Waals surface area (Å²) in [7, 11) is 0. The number of alkyl halides is 3. The number of hydrogen-bond acceptors (Lipinski definition) is 6. The Morgan fingerprint density at radius 3 is 2.45 bits per heavy atom. The van der Waals surface area contributed by atoms with Crippen LogP contribution in [0.15, 0.2) is 12.4 Å². The molecule has 1 atom stereocenters. The van der Waals surface area contributed by atoms with Gasteiger partial charge in [-0.1, -0.05) is 0 Å². The number of carboxylic acid groups (broad SMARTS) is 1. The molecule has 1 aliphatic heterocycles. The van der Waals surface area contributed by atoms with Crippen LogP contribution in [0, 0.1) is 11.3 Å². The van der Waals surface area contributed by atoms with E-state index in [0.717, 1.165) is 19.5 Å².